The van der Waals surface area contributed by atoms with Gasteiger partial charge in [0.1, 0.15) is 24.1 Å². The fraction of sp³-hybridized carbons (Fsp3) is 0.500. The molecule has 1 fully saturated rings. The van der Waals surface area contributed by atoms with Crippen LogP contribution < -0.4 is 4.74 Å². The quantitative estimate of drug-likeness (QED) is 0.787. The number of carbonyl (C=O) groups is 1. The number of carbonyl (C=O) groups excluding carboxylic acids is 1. The summed E-state index contributed by atoms with van der Waals surface area (Å²) in [6.07, 6.45) is 4.44. The molecule has 3 rings (SSSR count). The summed E-state index contributed by atoms with van der Waals surface area (Å²) < 4.78 is 12.8. The zero-order valence-corrected chi connectivity index (χ0v) is 16.5. The van der Waals surface area contributed by atoms with Crippen LogP contribution in [0.25, 0.3) is 0 Å². The van der Waals surface area contributed by atoms with Gasteiger partial charge in [-0.3, -0.25) is 9.67 Å². The molecule has 8 nitrogen and oxygen atoms in total. The number of ether oxygens (including phenoxy) is 2. The Labute approximate surface area is 164 Å². The molecule has 0 unspecified atom stereocenters. The third-order valence-corrected chi connectivity index (χ3v) is 4.72. The number of likely N-dealkylation sites (tertiary alicyclic amines) is 1. The molecule has 148 valence electrons. The van der Waals surface area contributed by atoms with Crippen LogP contribution in [0.5, 0.6) is 5.75 Å². The second-order valence-electron chi connectivity index (χ2n) is 7.10. The van der Waals surface area contributed by atoms with Gasteiger partial charge in [0.05, 0.1) is 24.0 Å². The van der Waals surface area contributed by atoms with Crippen molar-refractivity contribution in [2.24, 2.45) is 0 Å². The Morgan fingerprint density at radius 2 is 2.14 bits per heavy atom. The summed E-state index contributed by atoms with van der Waals surface area (Å²) in [6, 6.07) is 5.99. The van der Waals surface area contributed by atoms with Gasteiger partial charge in [0.2, 0.25) is 0 Å². The molecule has 0 spiro atoms. The summed E-state index contributed by atoms with van der Waals surface area (Å²) in [5, 5.41) is 14.1. The van der Waals surface area contributed by atoms with Crippen LogP contribution in [0.4, 0.5) is 4.79 Å². The lowest BCUT2D eigenvalue weighted by molar-refractivity contribution is 0.0652. The van der Waals surface area contributed by atoms with Gasteiger partial charge in [0, 0.05) is 24.8 Å². The van der Waals surface area contributed by atoms with Crippen molar-refractivity contribution in [3.63, 3.8) is 0 Å². The Bertz CT molecular complexity index is 863. The van der Waals surface area contributed by atoms with E-state index in [-0.39, 0.29) is 24.8 Å². The molecular formula is C20H25N5O3. The van der Waals surface area contributed by atoms with Crippen LogP contribution in [0.15, 0.2) is 24.5 Å². The predicted octanol–water partition coefficient (Wildman–Crippen LogP) is 3.22. The number of pyridine rings is 1. The number of aryl methyl sites for hydroxylation is 1. The molecule has 2 aromatic rings. The van der Waals surface area contributed by atoms with E-state index in [0.29, 0.717) is 24.5 Å². The lowest BCUT2D eigenvalue weighted by Gasteiger charge is -2.32. The van der Waals surface area contributed by atoms with E-state index in [9.17, 15) is 10.1 Å². The molecule has 0 saturated carbocycles. The van der Waals surface area contributed by atoms with Crippen molar-refractivity contribution in [3.05, 3.63) is 41.5 Å². The Morgan fingerprint density at radius 3 is 2.79 bits per heavy atom. The van der Waals surface area contributed by atoms with E-state index in [4.69, 9.17) is 9.47 Å². The highest BCUT2D eigenvalue weighted by molar-refractivity contribution is 5.67. The molecule has 3 heterocycles. The van der Waals surface area contributed by atoms with E-state index in [1.165, 1.54) is 0 Å². The molecule has 0 aliphatic carbocycles. The molecule has 1 amide bonds. The smallest absolute Gasteiger partial charge is 0.410 e. The highest BCUT2D eigenvalue weighted by atomic mass is 16.6. The van der Waals surface area contributed by atoms with Crippen LogP contribution in [0.3, 0.4) is 0 Å². The maximum atomic E-state index is 12.0. The van der Waals surface area contributed by atoms with Crippen LogP contribution in [-0.2, 0) is 11.3 Å². The van der Waals surface area contributed by atoms with Gasteiger partial charge < -0.3 is 14.4 Å². The number of nitrogens with zero attached hydrogens (tertiary/aromatic N) is 5. The first-order chi connectivity index (χ1) is 13.5. The summed E-state index contributed by atoms with van der Waals surface area (Å²) in [7, 11) is 0. The minimum absolute atomic E-state index is 0.0756. The van der Waals surface area contributed by atoms with E-state index < -0.39 is 0 Å². The van der Waals surface area contributed by atoms with Gasteiger partial charge in [-0.05, 0) is 45.7 Å². The van der Waals surface area contributed by atoms with Crippen molar-refractivity contribution in [1.82, 2.24) is 19.7 Å². The SMILES string of the molecule is Cc1ncccc1OCc1cnn(C2CCN(C(=O)OC(C)C)CC2)c1C#N. The molecule has 2 aromatic heterocycles. The van der Waals surface area contributed by atoms with Crippen LogP contribution in [0.1, 0.15) is 49.7 Å². The van der Waals surface area contributed by atoms with Gasteiger partial charge in [-0.25, -0.2) is 4.79 Å². The summed E-state index contributed by atoms with van der Waals surface area (Å²) >= 11 is 0. The Kier molecular flexibility index (Phi) is 6.14. The van der Waals surface area contributed by atoms with Gasteiger partial charge in [-0.15, -0.1) is 0 Å². The Balaban J connectivity index is 1.64. The maximum Gasteiger partial charge on any atom is 0.410 e. The van der Waals surface area contributed by atoms with Crippen molar-refractivity contribution >= 4 is 6.09 Å². The predicted molar refractivity (Wildman–Crippen MR) is 102 cm³/mol. The minimum atomic E-state index is -0.282. The van der Waals surface area contributed by atoms with Crippen LogP contribution in [0, 0.1) is 18.3 Å². The zero-order chi connectivity index (χ0) is 20.1. The molecule has 1 saturated heterocycles. The number of piperidine rings is 1. The van der Waals surface area contributed by atoms with Gasteiger partial charge in [0.25, 0.3) is 0 Å². The van der Waals surface area contributed by atoms with E-state index in [2.05, 4.69) is 16.2 Å². The fourth-order valence-electron chi connectivity index (χ4n) is 3.25. The molecule has 0 N–H and O–H groups in total. The summed E-state index contributed by atoms with van der Waals surface area (Å²) in [4.78, 5) is 17.9. The molecule has 0 atom stereocenters. The summed E-state index contributed by atoms with van der Waals surface area (Å²) in [5.74, 6) is 0.691. The molecule has 28 heavy (non-hydrogen) atoms. The zero-order valence-electron chi connectivity index (χ0n) is 16.5. The molecule has 1 aliphatic heterocycles. The minimum Gasteiger partial charge on any atom is -0.487 e. The summed E-state index contributed by atoms with van der Waals surface area (Å²) in [6.45, 7) is 6.98. The molecule has 0 radical (unpaired) electrons. The first-order valence-electron chi connectivity index (χ1n) is 9.46. The normalized spacial score (nSPS) is 14.8. The van der Waals surface area contributed by atoms with Gasteiger partial charge in [0.15, 0.2) is 0 Å². The monoisotopic (exact) mass is 383 g/mol. The number of nitriles is 1. The topological polar surface area (TPSA) is 93.3 Å². The lowest BCUT2D eigenvalue weighted by Crippen LogP contribution is -2.40. The number of amides is 1. The average molecular weight is 383 g/mol. The molecule has 1 aliphatic rings. The Hall–Kier alpha value is -3.08. The maximum absolute atomic E-state index is 12.0. The second kappa shape index (κ2) is 8.74. The first kappa shape index (κ1) is 19.7. The molecule has 0 aromatic carbocycles. The fourth-order valence-corrected chi connectivity index (χ4v) is 3.25. The van der Waals surface area contributed by atoms with Crippen molar-refractivity contribution in [1.29, 1.82) is 5.26 Å². The lowest BCUT2D eigenvalue weighted by atomic mass is 10.1. The van der Waals surface area contributed by atoms with Crippen molar-refractivity contribution in [3.8, 4) is 11.8 Å². The van der Waals surface area contributed by atoms with Gasteiger partial charge >= 0.3 is 6.09 Å². The van der Waals surface area contributed by atoms with Crippen molar-refractivity contribution in [2.45, 2.75) is 52.4 Å². The second-order valence-corrected chi connectivity index (χ2v) is 7.10. The first-order valence-corrected chi connectivity index (χ1v) is 9.46. The standard InChI is InChI=1S/C20H25N5O3/c1-14(2)28-20(26)24-9-6-17(7-10-24)25-18(11-21)16(12-23-25)13-27-19-5-4-8-22-15(19)3/h4-5,8,12,14,17H,6-7,9-10,13H2,1-3H3. The highest BCUT2D eigenvalue weighted by Gasteiger charge is 2.27. The van der Waals surface area contributed by atoms with E-state index in [1.54, 1.807) is 22.0 Å². The van der Waals surface area contributed by atoms with Crippen LogP contribution >= 0.6 is 0 Å². The average Bonchev–Trinajstić information content (AvgIpc) is 3.10. The van der Waals surface area contributed by atoms with Crippen molar-refractivity contribution < 1.29 is 14.3 Å². The summed E-state index contributed by atoms with van der Waals surface area (Å²) in [5.41, 5.74) is 2.05. The van der Waals surface area contributed by atoms with Gasteiger partial charge in [-0.1, -0.05) is 0 Å². The number of rotatable bonds is 5. The van der Waals surface area contributed by atoms with Gasteiger partial charge in [-0.2, -0.15) is 10.4 Å². The number of aromatic nitrogens is 3. The third kappa shape index (κ3) is 4.42. The number of hydrogen-bond donors (Lipinski definition) is 0. The largest absolute Gasteiger partial charge is 0.487 e. The third-order valence-electron chi connectivity index (χ3n) is 4.72. The van der Waals surface area contributed by atoms with E-state index in [1.807, 2.05) is 32.9 Å². The highest BCUT2D eigenvalue weighted by Crippen LogP contribution is 2.26. The van der Waals surface area contributed by atoms with Crippen LogP contribution in [0.2, 0.25) is 0 Å². The van der Waals surface area contributed by atoms with E-state index >= 15 is 0 Å². The Morgan fingerprint density at radius 1 is 1.39 bits per heavy atom. The molecule has 8 heteroatoms. The van der Waals surface area contributed by atoms with E-state index in [0.717, 1.165) is 24.1 Å². The molecular weight excluding hydrogens is 358 g/mol. The van der Waals surface area contributed by atoms with Crippen LogP contribution in [-0.4, -0.2) is 45.0 Å². The number of hydrogen-bond acceptors (Lipinski definition) is 6. The molecule has 0 bridgehead atoms. The van der Waals surface area contributed by atoms with Crippen molar-refractivity contribution in [2.75, 3.05) is 13.1 Å².